The van der Waals surface area contributed by atoms with Crippen molar-refractivity contribution < 1.29 is 0 Å². The van der Waals surface area contributed by atoms with Gasteiger partial charge in [0, 0.05) is 10.9 Å². The molecule has 2 N–H and O–H groups in total. The third-order valence-corrected chi connectivity index (χ3v) is 3.44. The van der Waals surface area contributed by atoms with Gasteiger partial charge in [0.15, 0.2) is 0 Å². The number of hydrogen-bond donors (Lipinski definition) is 2. The third kappa shape index (κ3) is 3.56. The molecule has 0 aliphatic heterocycles. The summed E-state index contributed by atoms with van der Waals surface area (Å²) in [5.41, 5.74) is 2.12. The summed E-state index contributed by atoms with van der Waals surface area (Å²) in [6.45, 7) is 6.15. The zero-order valence-corrected chi connectivity index (χ0v) is 11.5. The van der Waals surface area contributed by atoms with E-state index in [0.29, 0.717) is 5.92 Å². The summed E-state index contributed by atoms with van der Waals surface area (Å²) in [6, 6.07) is 1.95. The fourth-order valence-corrected chi connectivity index (χ4v) is 2.41. The predicted octanol–water partition coefficient (Wildman–Crippen LogP) is 3.54. The second kappa shape index (κ2) is 5.67. The molecule has 0 aliphatic carbocycles. The molecule has 0 bridgehead atoms. The number of aromatic amines is 1. The molecular formula is C12H16ClN3S. The van der Waals surface area contributed by atoms with Gasteiger partial charge >= 0.3 is 0 Å². The lowest BCUT2D eigenvalue weighted by atomic mass is 10.2. The summed E-state index contributed by atoms with van der Waals surface area (Å²) in [5.74, 6) is 1.61. The summed E-state index contributed by atoms with van der Waals surface area (Å²) in [7, 11) is 0. The molecule has 2 heterocycles. The molecule has 0 aromatic carbocycles. The van der Waals surface area contributed by atoms with Crippen LogP contribution in [-0.4, -0.2) is 16.5 Å². The van der Waals surface area contributed by atoms with Gasteiger partial charge in [-0.2, -0.15) is 0 Å². The molecule has 2 aromatic rings. The van der Waals surface area contributed by atoms with E-state index in [-0.39, 0.29) is 0 Å². The second-order valence-electron chi connectivity index (χ2n) is 4.41. The standard InChI is InChI=1S/C12H16ClN3S/c1-8(2)4-14-6-12-15-5-10(16-12)9-3-11(13)17-7-9/h3,5,7-8,14H,4,6H2,1-2H3,(H,15,16). The maximum Gasteiger partial charge on any atom is 0.120 e. The van der Waals surface area contributed by atoms with Crippen molar-refractivity contribution >= 4 is 22.9 Å². The second-order valence-corrected chi connectivity index (χ2v) is 5.95. The Labute approximate surface area is 110 Å². The number of thiophene rings is 1. The van der Waals surface area contributed by atoms with E-state index >= 15 is 0 Å². The smallest absolute Gasteiger partial charge is 0.120 e. The van der Waals surface area contributed by atoms with Crippen LogP contribution in [0.5, 0.6) is 0 Å². The van der Waals surface area contributed by atoms with Gasteiger partial charge < -0.3 is 10.3 Å². The molecule has 0 spiro atoms. The van der Waals surface area contributed by atoms with E-state index in [2.05, 4.69) is 29.1 Å². The number of nitrogens with one attached hydrogen (secondary N) is 2. The molecule has 0 unspecified atom stereocenters. The average Bonchev–Trinajstić information content (AvgIpc) is 2.86. The van der Waals surface area contributed by atoms with Crippen LogP contribution in [0.25, 0.3) is 11.3 Å². The number of aromatic nitrogens is 2. The minimum absolute atomic E-state index is 0.653. The van der Waals surface area contributed by atoms with Crippen molar-refractivity contribution in [3.63, 3.8) is 0 Å². The number of halogens is 1. The highest BCUT2D eigenvalue weighted by atomic mass is 35.5. The Bertz CT molecular complexity index is 476. The molecule has 17 heavy (non-hydrogen) atoms. The maximum atomic E-state index is 5.91. The molecular weight excluding hydrogens is 254 g/mol. The van der Waals surface area contributed by atoms with Crippen LogP contribution in [0.2, 0.25) is 4.34 Å². The maximum absolute atomic E-state index is 5.91. The summed E-state index contributed by atoms with van der Waals surface area (Å²) in [5, 5.41) is 5.38. The normalized spacial score (nSPS) is 11.3. The highest BCUT2D eigenvalue weighted by Crippen LogP contribution is 2.27. The van der Waals surface area contributed by atoms with Crippen LogP contribution in [0.3, 0.4) is 0 Å². The van der Waals surface area contributed by atoms with E-state index in [1.807, 2.05) is 17.6 Å². The molecule has 2 aromatic heterocycles. The number of hydrogen-bond acceptors (Lipinski definition) is 3. The van der Waals surface area contributed by atoms with Gasteiger partial charge in [-0.15, -0.1) is 11.3 Å². The zero-order chi connectivity index (χ0) is 12.3. The molecule has 0 amide bonds. The van der Waals surface area contributed by atoms with Gasteiger partial charge in [-0.25, -0.2) is 4.98 Å². The topological polar surface area (TPSA) is 40.7 Å². The minimum atomic E-state index is 0.653. The van der Waals surface area contributed by atoms with Crippen molar-refractivity contribution in [3.05, 3.63) is 27.8 Å². The number of rotatable bonds is 5. The monoisotopic (exact) mass is 269 g/mol. The molecule has 5 heteroatoms. The van der Waals surface area contributed by atoms with Crippen LogP contribution in [0.1, 0.15) is 19.7 Å². The fourth-order valence-electron chi connectivity index (χ4n) is 1.53. The number of H-pyrrole nitrogens is 1. The lowest BCUT2D eigenvalue weighted by molar-refractivity contribution is 0.545. The van der Waals surface area contributed by atoms with Gasteiger partial charge in [0.25, 0.3) is 0 Å². The zero-order valence-electron chi connectivity index (χ0n) is 9.96. The Morgan fingerprint density at radius 2 is 2.35 bits per heavy atom. The first kappa shape index (κ1) is 12.6. The Kier molecular flexibility index (Phi) is 4.20. The lowest BCUT2D eigenvalue weighted by Crippen LogP contribution is -2.19. The third-order valence-electron chi connectivity index (χ3n) is 2.35. The molecule has 2 rings (SSSR count). The Hall–Kier alpha value is -0.840. The number of nitrogens with zero attached hydrogens (tertiary/aromatic N) is 1. The van der Waals surface area contributed by atoms with Gasteiger partial charge in [-0.1, -0.05) is 25.4 Å². The van der Waals surface area contributed by atoms with E-state index in [1.54, 1.807) is 0 Å². The molecule has 0 saturated carbocycles. The SMILES string of the molecule is CC(C)CNCc1ncc(-c2csc(Cl)c2)[nH]1. The van der Waals surface area contributed by atoms with Gasteiger partial charge in [0.05, 0.1) is 22.8 Å². The van der Waals surface area contributed by atoms with Crippen molar-refractivity contribution in [2.24, 2.45) is 5.92 Å². The van der Waals surface area contributed by atoms with E-state index in [0.717, 1.165) is 34.5 Å². The van der Waals surface area contributed by atoms with Gasteiger partial charge in [-0.3, -0.25) is 0 Å². The average molecular weight is 270 g/mol. The molecule has 92 valence electrons. The van der Waals surface area contributed by atoms with Gasteiger partial charge in [-0.05, 0) is 18.5 Å². The van der Waals surface area contributed by atoms with Crippen molar-refractivity contribution in [2.75, 3.05) is 6.54 Å². The van der Waals surface area contributed by atoms with E-state index < -0.39 is 0 Å². The number of imidazole rings is 1. The molecule has 0 atom stereocenters. The molecule has 0 radical (unpaired) electrons. The van der Waals surface area contributed by atoms with E-state index in [4.69, 9.17) is 11.6 Å². The summed E-state index contributed by atoms with van der Waals surface area (Å²) >= 11 is 7.44. The summed E-state index contributed by atoms with van der Waals surface area (Å²) < 4.78 is 0.800. The van der Waals surface area contributed by atoms with Gasteiger partial charge in [0.1, 0.15) is 5.82 Å². The highest BCUT2D eigenvalue weighted by molar-refractivity contribution is 7.14. The van der Waals surface area contributed by atoms with E-state index in [1.165, 1.54) is 11.3 Å². The minimum Gasteiger partial charge on any atom is -0.341 e. The van der Waals surface area contributed by atoms with E-state index in [9.17, 15) is 0 Å². The van der Waals surface area contributed by atoms with Crippen LogP contribution in [-0.2, 0) is 6.54 Å². The first-order valence-electron chi connectivity index (χ1n) is 5.64. The van der Waals surface area contributed by atoms with Gasteiger partial charge in [0.2, 0.25) is 0 Å². The van der Waals surface area contributed by atoms with Crippen LogP contribution in [0, 0.1) is 5.92 Å². The van der Waals surface area contributed by atoms with Crippen molar-refractivity contribution in [3.8, 4) is 11.3 Å². The van der Waals surface area contributed by atoms with Crippen molar-refractivity contribution in [1.29, 1.82) is 0 Å². The van der Waals surface area contributed by atoms with Crippen molar-refractivity contribution in [2.45, 2.75) is 20.4 Å². The first-order chi connectivity index (χ1) is 8.15. The van der Waals surface area contributed by atoms with Crippen LogP contribution in [0.4, 0.5) is 0 Å². The van der Waals surface area contributed by atoms with Crippen LogP contribution in [0.15, 0.2) is 17.6 Å². The fraction of sp³-hybridized carbons (Fsp3) is 0.417. The highest BCUT2D eigenvalue weighted by Gasteiger charge is 2.05. The predicted molar refractivity (Wildman–Crippen MR) is 73.5 cm³/mol. The molecule has 0 aliphatic rings. The summed E-state index contributed by atoms with van der Waals surface area (Å²) in [6.07, 6.45) is 1.85. The Morgan fingerprint density at radius 3 is 3.00 bits per heavy atom. The molecule has 3 nitrogen and oxygen atoms in total. The lowest BCUT2D eigenvalue weighted by Gasteiger charge is -2.04. The Morgan fingerprint density at radius 1 is 1.53 bits per heavy atom. The van der Waals surface area contributed by atoms with Crippen molar-refractivity contribution in [1.82, 2.24) is 15.3 Å². The van der Waals surface area contributed by atoms with Crippen LogP contribution < -0.4 is 5.32 Å². The molecule has 0 saturated heterocycles. The molecule has 0 fully saturated rings. The Balaban J connectivity index is 1.96. The quantitative estimate of drug-likeness (QED) is 0.872. The first-order valence-corrected chi connectivity index (χ1v) is 6.90. The largest absolute Gasteiger partial charge is 0.341 e. The summed E-state index contributed by atoms with van der Waals surface area (Å²) in [4.78, 5) is 7.63. The van der Waals surface area contributed by atoms with Crippen LogP contribution >= 0.6 is 22.9 Å².